The highest BCUT2D eigenvalue weighted by atomic mass is 16.5. The fourth-order valence-corrected chi connectivity index (χ4v) is 2.19. The highest BCUT2D eigenvalue weighted by Crippen LogP contribution is 2.25. The number of carbonyl (C=O) groups is 1. The van der Waals surface area contributed by atoms with Gasteiger partial charge in [0.2, 0.25) is 0 Å². The largest absolute Gasteiger partial charge is 0.461 e. The van der Waals surface area contributed by atoms with Crippen molar-refractivity contribution < 1.29 is 9.53 Å². The number of fused-ring (bicyclic) bond motifs is 1. The van der Waals surface area contributed by atoms with Crippen LogP contribution in [-0.2, 0) is 16.0 Å². The number of rotatable bonds is 4. The summed E-state index contributed by atoms with van der Waals surface area (Å²) in [5, 5.41) is 3.21. The third kappa shape index (κ3) is 2.78. The SMILES string of the molecule is CCCC(C)OC(=O)[C@@H]1Cc2ccccc2N1. The Kier molecular flexibility index (Phi) is 3.67. The molecule has 0 saturated heterocycles. The summed E-state index contributed by atoms with van der Waals surface area (Å²) in [7, 11) is 0. The Hall–Kier alpha value is -1.51. The molecular formula is C14H19NO2. The zero-order chi connectivity index (χ0) is 12.3. The van der Waals surface area contributed by atoms with Gasteiger partial charge in [0.1, 0.15) is 6.04 Å². The van der Waals surface area contributed by atoms with Crippen LogP contribution in [0.15, 0.2) is 24.3 Å². The van der Waals surface area contributed by atoms with E-state index in [4.69, 9.17) is 4.74 Å². The van der Waals surface area contributed by atoms with Crippen molar-refractivity contribution in [3.63, 3.8) is 0 Å². The molecule has 2 atom stereocenters. The molecule has 1 aromatic rings. The number of esters is 1. The second-order valence-corrected chi connectivity index (χ2v) is 4.59. The van der Waals surface area contributed by atoms with E-state index < -0.39 is 0 Å². The van der Waals surface area contributed by atoms with Gasteiger partial charge >= 0.3 is 5.97 Å². The van der Waals surface area contributed by atoms with Crippen molar-refractivity contribution in [3.8, 4) is 0 Å². The van der Waals surface area contributed by atoms with Crippen molar-refractivity contribution in [2.75, 3.05) is 5.32 Å². The maximum atomic E-state index is 11.9. The number of ether oxygens (including phenoxy) is 1. The summed E-state index contributed by atoms with van der Waals surface area (Å²) in [5.41, 5.74) is 2.25. The Morgan fingerprint density at radius 2 is 2.29 bits per heavy atom. The van der Waals surface area contributed by atoms with Gasteiger partial charge in [0.15, 0.2) is 0 Å². The van der Waals surface area contributed by atoms with E-state index in [-0.39, 0.29) is 18.1 Å². The van der Waals surface area contributed by atoms with Crippen LogP contribution in [0.25, 0.3) is 0 Å². The Labute approximate surface area is 102 Å². The fraction of sp³-hybridized carbons (Fsp3) is 0.500. The molecule has 1 aliphatic rings. The Balaban J connectivity index is 1.92. The monoisotopic (exact) mass is 233 g/mol. The number of hydrogen-bond acceptors (Lipinski definition) is 3. The Bertz CT molecular complexity index is 378. The van der Waals surface area contributed by atoms with E-state index in [2.05, 4.69) is 12.2 Å². The van der Waals surface area contributed by atoms with Crippen molar-refractivity contribution in [1.29, 1.82) is 0 Å². The van der Waals surface area contributed by atoms with Crippen LogP contribution in [0, 0.1) is 0 Å². The van der Waals surface area contributed by atoms with E-state index in [0.717, 1.165) is 24.9 Å². The van der Waals surface area contributed by atoms with E-state index in [0.29, 0.717) is 0 Å². The van der Waals surface area contributed by atoms with Gasteiger partial charge in [0.05, 0.1) is 6.10 Å². The lowest BCUT2D eigenvalue weighted by Gasteiger charge is -2.16. The van der Waals surface area contributed by atoms with Crippen LogP contribution >= 0.6 is 0 Å². The Morgan fingerprint density at radius 3 is 3.00 bits per heavy atom. The van der Waals surface area contributed by atoms with Crippen molar-refractivity contribution in [3.05, 3.63) is 29.8 Å². The highest BCUT2D eigenvalue weighted by Gasteiger charge is 2.28. The van der Waals surface area contributed by atoms with E-state index >= 15 is 0 Å². The molecule has 0 bridgehead atoms. The molecule has 0 fully saturated rings. The van der Waals surface area contributed by atoms with Crippen LogP contribution in [0.4, 0.5) is 5.69 Å². The fourth-order valence-electron chi connectivity index (χ4n) is 2.19. The minimum atomic E-state index is -0.216. The first-order valence-corrected chi connectivity index (χ1v) is 6.25. The lowest BCUT2D eigenvalue weighted by Crippen LogP contribution is -2.31. The number of carbonyl (C=O) groups excluding carboxylic acids is 1. The maximum absolute atomic E-state index is 11.9. The molecule has 0 aliphatic carbocycles. The average Bonchev–Trinajstić information content (AvgIpc) is 2.72. The van der Waals surface area contributed by atoms with Crippen molar-refractivity contribution in [2.45, 2.75) is 45.3 Å². The van der Waals surface area contributed by atoms with Gasteiger partial charge in [-0.2, -0.15) is 0 Å². The molecule has 92 valence electrons. The summed E-state index contributed by atoms with van der Waals surface area (Å²) in [5.74, 6) is -0.137. The molecule has 0 radical (unpaired) electrons. The summed E-state index contributed by atoms with van der Waals surface area (Å²) in [6, 6.07) is 7.79. The maximum Gasteiger partial charge on any atom is 0.329 e. The van der Waals surface area contributed by atoms with E-state index in [1.165, 1.54) is 5.56 Å². The summed E-state index contributed by atoms with van der Waals surface area (Å²) in [6.45, 7) is 4.04. The van der Waals surface area contributed by atoms with Gasteiger partial charge in [0.25, 0.3) is 0 Å². The molecule has 17 heavy (non-hydrogen) atoms. The van der Waals surface area contributed by atoms with E-state index in [1.54, 1.807) is 0 Å². The van der Waals surface area contributed by atoms with E-state index in [9.17, 15) is 4.79 Å². The molecule has 1 aliphatic heterocycles. The Morgan fingerprint density at radius 1 is 1.53 bits per heavy atom. The van der Waals surface area contributed by atoms with Crippen LogP contribution in [0.3, 0.4) is 0 Å². The standard InChI is InChI=1S/C14H19NO2/c1-3-6-10(2)17-14(16)13-9-11-7-4-5-8-12(11)15-13/h4-5,7-8,10,13,15H,3,6,9H2,1-2H3/t10?,13-/m0/s1. The first-order valence-electron chi connectivity index (χ1n) is 6.25. The van der Waals surface area contributed by atoms with Crippen LogP contribution < -0.4 is 5.32 Å². The highest BCUT2D eigenvalue weighted by molar-refractivity contribution is 5.82. The number of benzene rings is 1. The summed E-state index contributed by atoms with van der Waals surface area (Å²) in [4.78, 5) is 11.9. The average molecular weight is 233 g/mol. The molecule has 0 spiro atoms. The number of anilines is 1. The third-order valence-electron chi connectivity index (χ3n) is 3.07. The summed E-state index contributed by atoms with van der Waals surface area (Å²) in [6.07, 6.45) is 2.70. The summed E-state index contributed by atoms with van der Waals surface area (Å²) < 4.78 is 5.40. The molecule has 1 aromatic carbocycles. The number of hydrogen-bond donors (Lipinski definition) is 1. The quantitative estimate of drug-likeness (QED) is 0.813. The van der Waals surface area contributed by atoms with Gasteiger partial charge in [0, 0.05) is 12.1 Å². The molecule has 3 nitrogen and oxygen atoms in total. The molecule has 1 N–H and O–H groups in total. The molecular weight excluding hydrogens is 214 g/mol. The topological polar surface area (TPSA) is 38.3 Å². The summed E-state index contributed by atoms with van der Waals surface area (Å²) >= 11 is 0. The van der Waals surface area contributed by atoms with Gasteiger partial charge in [-0.15, -0.1) is 0 Å². The second-order valence-electron chi connectivity index (χ2n) is 4.59. The molecule has 1 heterocycles. The van der Waals surface area contributed by atoms with Gasteiger partial charge in [-0.25, -0.2) is 4.79 Å². The van der Waals surface area contributed by atoms with Crippen LogP contribution in [0.1, 0.15) is 32.3 Å². The van der Waals surface area contributed by atoms with Crippen LogP contribution in [0.5, 0.6) is 0 Å². The predicted octanol–water partition coefficient (Wildman–Crippen LogP) is 2.76. The van der Waals surface area contributed by atoms with Gasteiger partial charge in [-0.05, 0) is 25.0 Å². The van der Waals surface area contributed by atoms with E-state index in [1.807, 2.05) is 31.2 Å². The first-order chi connectivity index (χ1) is 8.20. The molecule has 2 rings (SSSR count). The van der Waals surface area contributed by atoms with Gasteiger partial charge < -0.3 is 10.1 Å². The normalized spacial score (nSPS) is 19.3. The molecule has 0 aromatic heterocycles. The first kappa shape index (κ1) is 12.0. The smallest absolute Gasteiger partial charge is 0.329 e. The third-order valence-corrected chi connectivity index (χ3v) is 3.07. The minimum Gasteiger partial charge on any atom is -0.461 e. The predicted molar refractivity (Wildman–Crippen MR) is 68.0 cm³/mol. The van der Waals surface area contributed by atoms with Gasteiger partial charge in [-0.3, -0.25) is 0 Å². The van der Waals surface area contributed by atoms with Crippen molar-refractivity contribution >= 4 is 11.7 Å². The minimum absolute atomic E-state index is 0.0120. The lowest BCUT2D eigenvalue weighted by molar-refractivity contribution is -0.149. The molecule has 0 amide bonds. The van der Waals surface area contributed by atoms with Crippen molar-refractivity contribution in [1.82, 2.24) is 0 Å². The lowest BCUT2D eigenvalue weighted by atomic mass is 10.1. The zero-order valence-corrected chi connectivity index (χ0v) is 10.4. The number of nitrogens with one attached hydrogen (secondary N) is 1. The van der Waals surface area contributed by atoms with Crippen LogP contribution in [0.2, 0.25) is 0 Å². The second kappa shape index (κ2) is 5.21. The molecule has 0 saturated carbocycles. The molecule has 3 heteroatoms. The zero-order valence-electron chi connectivity index (χ0n) is 10.4. The van der Waals surface area contributed by atoms with Crippen LogP contribution in [-0.4, -0.2) is 18.1 Å². The molecule has 1 unspecified atom stereocenters. The van der Waals surface area contributed by atoms with Crippen molar-refractivity contribution in [2.24, 2.45) is 0 Å². The number of para-hydroxylation sites is 1. The van der Waals surface area contributed by atoms with Gasteiger partial charge in [-0.1, -0.05) is 31.5 Å².